The molecule has 2 heterocycles. The van der Waals surface area contributed by atoms with E-state index in [-0.39, 0.29) is 17.5 Å². The van der Waals surface area contributed by atoms with E-state index in [9.17, 15) is 29.4 Å². The Morgan fingerprint density at radius 1 is 1.31 bits per heavy atom. The summed E-state index contributed by atoms with van der Waals surface area (Å²) >= 11 is 3.05. The van der Waals surface area contributed by atoms with Gasteiger partial charge in [0.2, 0.25) is 5.78 Å². The van der Waals surface area contributed by atoms with E-state index in [0.717, 1.165) is 4.57 Å². The molecule has 1 aliphatic rings. The highest BCUT2D eigenvalue weighted by Crippen LogP contribution is 2.30. The number of ether oxygens (including phenoxy) is 2. The summed E-state index contributed by atoms with van der Waals surface area (Å²) in [5.74, 6) is -1.60. The topological polar surface area (TPSA) is 148 Å². The highest BCUT2D eigenvalue weighted by molar-refractivity contribution is 9.11. The molecule has 0 bridgehead atoms. The van der Waals surface area contributed by atoms with Gasteiger partial charge in [0.25, 0.3) is 5.56 Å². The van der Waals surface area contributed by atoms with Gasteiger partial charge < -0.3 is 19.7 Å². The molecule has 170 valence electrons. The van der Waals surface area contributed by atoms with Gasteiger partial charge in [-0.1, -0.05) is 34.1 Å². The van der Waals surface area contributed by atoms with Crippen LogP contribution in [-0.2, 0) is 14.3 Å². The molecule has 0 aliphatic carbocycles. The number of nitrogens with zero attached hydrogens (tertiary/aromatic N) is 1. The molecule has 0 spiro atoms. The Bertz CT molecular complexity index is 1130. The molecule has 3 rings (SSSR count). The molecular weight excluding hydrogens is 488 g/mol. The lowest BCUT2D eigenvalue weighted by molar-refractivity contribution is -0.149. The Morgan fingerprint density at radius 2 is 2.00 bits per heavy atom. The minimum atomic E-state index is -1.81. The number of halogens is 1. The molecule has 2 aromatic rings. The van der Waals surface area contributed by atoms with Gasteiger partial charge in [0.1, 0.15) is 18.4 Å². The summed E-state index contributed by atoms with van der Waals surface area (Å²) in [5.41, 5.74) is -0.988. The number of rotatable bonds is 7. The maximum atomic E-state index is 12.6. The van der Waals surface area contributed by atoms with Crippen LogP contribution in [0.5, 0.6) is 0 Å². The van der Waals surface area contributed by atoms with Gasteiger partial charge in [0.05, 0.1) is 17.2 Å². The molecule has 1 aromatic heterocycles. The molecule has 0 radical (unpaired) electrons. The number of aliphatic hydroxyl groups excluding tert-OH is 2. The van der Waals surface area contributed by atoms with Crippen molar-refractivity contribution >= 4 is 33.8 Å². The zero-order chi connectivity index (χ0) is 23.4. The first kappa shape index (κ1) is 23.8. The molecule has 0 amide bonds. The minimum Gasteiger partial charge on any atom is -0.451 e. The largest absolute Gasteiger partial charge is 0.451 e. The second-order valence-electron chi connectivity index (χ2n) is 7.16. The van der Waals surface area contributed by atoms with Gasteiger partial charge in [-0.05, 0) is 30.1 Å². The standard InChI is InChI=1S/C21H21BrN2O8/c1-11(31-20(29)12-5-3-2-4-6-12)16(26)17(27)18-14(25)9-15(32-18)24-10-13(7-8-22)19(28)23-21(24)30/h2-8,10-11,14-15,17-18,25,27H,9H2,1H3,(H,23,28,30)/b8-7+/t11?,14-,15+,17?,18-/m0/s1. The number of benzene rings is 1. The van der Waals surface area contributed by atoms with Crippen LogP contribution in [0.2, 0.25) is 0 Å². The Morgan fingerprint density at radius 3 is 2.66 bits per heavy atom. The van der Waals surface area contributed by atoms with Crippen LogP contribution in [-0.4, -0.2) is 55.9 Å². The molecule has 32 heavy (non-hydrogen) atoms. The molecule has 1 saturated heterocycles. The van der Waals surface area contributed by atoms with E-state index in [1.807, 2.05) is 0 Å². The van der Waals surface area contributed by atoms with Gasteiger partial charge in [-0.2, -0.15) is 0 Å². The number of Topliss-reactive ketones (excluding diaryl/α,β-unsaturated/α-hetero) is 1. The molecule has 10 nitrogen and oxygen atoms in total. The summed E-state index contributed by atoms with van der Waals surface area (Å²) < 4.78 is 11.7. The lowest BCUT2D eigenvalue weighted by Crippen LogP contribution is -2.45. The Hall–Kier alpha value is -2.86. The van der Waals surface area contributed by atoms with Crippen molar-refractivity contribution in [2.24, 2.45) is 0 Å². The number of hydrogen-bond donors (Lipinski definition) is 3. The fourth-order valence-corrected chi connectivity index (χ4v) is 3.58. The highest BCUT2D eigenvalue weighted by Gasteiger charge is 2.44. The van der Waals surface area contributed by atoms with Crippen LogP contribution in [0, 0.1) is 0 Å². The monoisotopic (exact) mass is 508 g/mol. The molecule has 2 unspecified atom stereocenters. The predicted octanol–water partition coefficient (Wildman–Crippen LogP) is 0.726. The smallest absolute Gasteiger partial charge is 0.338 e. The van der Waals surface area contributed by atoms with Gasteiger partial charge in [0, 0.05) is 12.6 Å². The van der Waals surface area contributed by atoms with Gasteiger partial charge >= 0.3 is 11.7 Å². The van der Waals surface area contributed by atoms with Gasteiger partial charge in [-0.15, -0.1) is 0 Å². The zero-order valence-electron chi connectivity index (χ0n) is 16.9. The molecule has 1 aromatic carbocycles. The number of nitrogens with one attached hydrogen (secondary N) is 1. The van der Waals surface area contributed by atoms with Crippen molar-refractivity contribution in [1.29, 1.82) is 0 Å². The van der Waals surface area contributed by atoms with E-state index in [0.29, 0.717) is 0 Å². The number of hydrogen-bond acceptors (Lipinski definition) is 8. The van der Waals surface area contributed by atoms with E-state index < -0.39 is 53.6 Å². The molecule has 5 atom stereocenters. The van der Waals surface area contributed by atoms with Crippen molar-refractivity contribution in [3.8, 4) is 0 Å². The Labute approximate surface area is 190 Å². The fraction of sp³-hybridized carbons (Fsp3) is 0.333. The van der Waals surface area contributed by atoms with Crippen LogP contribution >= 0.6 is 15.9 Å². The second-order valence-corrected chi connectivity index (χ2v) is 7.69. The number of esters is 1. The van der Waals surface area contributed by atoms with Gasteiger partial charge in [-0.3, -0.25) is 19.1 Å². The van der Waals surface area contributed by atoms with Gasteiger partial charge in [-0.25, -0.2) is 9.59 Å². The summed E-state index contributed by atoms with van der Waals surface area (Å²) in [6.45, 7) is 1.30. The third-order valence-corrected chi connectivity index (χ3v) is 5.25. The summed E-state index contributed by atoms with van der Waals surface area (Å²) in [4.78, 5) is 52.3. The van der Waals surface area contributed by atoms with Crippen molar-refractivity contribution in [2.45, 2.75) is 44.0 Å². The number of H-pyrrole nitrogens is 1. The fourth-order valence-electron chi connectivity index (χ4n) is 3.30. The average Bonchev–Trinajstić information content (AvgIpc) is 3.16. The van der Waals surface area contributed by atoms with Crippen LogP contribution in [0.4, 0.5) is 0 Å². The number of carbonyl (C=O) groups excluding carboxylic acids is 2. The summed E-state index contributed by atoms with van der Waals surface area (Å²) in [7, 11) is 0. The molecule has 11 heteroatoms. The lowest BCUT2D eigenvalue weighted by Gasteiger charge is -2.23. The quantitative estimate of drug-likeness (QED) is 0.463. The number of aliphatic hydroxyl groups is 2. The summed E-state index contributed by atoms with van der Waals surface area (Å²) in [5, 5.41) is 20.8. The van der Waals surface area contributed by atoms with E-state index >= 15 is 0 Å². The summed E-state index contributed by atoms with van der Waals surface area (Å²) in [6.07, 6.45) is -4.25. The molecule has 1 aliphatic heterocycles. The van der Waals surface area contributed by atoms with Crippen LogP contribution in [0.25, 0.3) is 6.08 Å². The van der Waals surface area contributed by atoms with E-state index in [4.69, 9.17) is 9.47 Å². The average molecular weight is 509 g/mol. The molecule has 0 saturated carbocycles. The first-order valence-corrected chi connectivity index (χ1v) is 10.6. The van der Waals surface area contributed by atoms with Crippen molar-refractivity contribution in [3.05, 3.63) is 73.5 Å². The first-order valence-electron chi connectivity index (χ1n) is 9.66. The van der Waals surface area contributed by atoms with Crippen molar-refractivity contribution in [1.82, 2.24) is 9.55 Å². The van der Waals surface area contributed by atoms with Gasteiger partial charge in [0.15, 0.2) is 6.10 Å². The van der Waals surface area contributed by atoms with Crippen molar-refractivity contribution in [2.75, 3.05) is 0 Å². The van der Waals surface area contributed by atoms with Crippen LogP contribution in [0.1, 0.15) is 35.5 Å². The Balaban J connectivity index is 1.71. The lowest BCUT2D eigenvalue weighted by atomic mass is 10.0. The van der Waals surface area contributed by atoms with E-state index in [1.54, 1.807) is 18.2 Å². The Kier molecular flexibility index (Phi) is 7.56. The third-order valence-electron chi connectivity index (χ3n) is 4.98. The molecule has 3 N–H and O–H groups in total. The number of aromatic nitrogens is 2. The number of carbonyl (C=O) groups is 2. The van der Waals surface area contributed by atoms with E-state index in [2.05, 4.69) is 20.9 Å². The number of ketones is 1. The maximum absolute atomic E-state index is 12.6. The van der Waals surface area contributed by atoms with Crippen LogP contribution < -0.4 is 11.2 Å². The zero-order valence-corrected chi connectivity index (χ0v) is 18.5. The second kappa shape index (κ2) is 10.2. The third kappa shape index (κ3) is 5.13. The minimum absolute atomic E-state index is 0.114. The number of aromatic amines is 1. The van der Waals surface area contributed by atoms with Crippen molar-refractivity contribution in [3.63, 3.8) is 0 Å². The maximum Gasteiger partial charge on any atom is 0.338 e. The van der Waals surface area contributed by atoms with E-state index in [1.165, 1.54) is 36.3 Å². The van der Waals surface area contributed by atoms with Crippen LogP contribution in [0.15, 0.2) is 51.1 Å². The molecular formula is C21H21BrN2O8. The highest BCUT2D eigenvalue weighted by atomic mass is 79.9. The molecule has 1 fully saturated rings. The van der Waals surface area contributed by atoms with Crippen molar-refractivity contribution < 1.29 is 29.3 Å². The predicted molar refractivity (Wildman–Crippen MR) is 116 cm³/mol. The SMILES string of the molecule is CC(OC(=O)c1ccccc1)C(=O)C(O)[C@H]1O[C@@H](n2cc(/C=C/Br)c(=O)[nH]c2=O)C[C@@H]1O. The normalized spacial score (nSPS) is 22.6. The first-order chi connectivity index (χ1) is 15.2. The summed E-state index contributed by atoms with van der Waals surface area (Å²) in [6, 6.07) is 8.03. The van der Waals surface area contributed by atoms with Crippen LogP contribution in [0.3, 0.4) is 0 Å².